The molecule has 0 bridgehead atoms. The molecule has 1 atom stereocenters. The van der Waals surface area contributed by atoms with Crippen LogP contribution in [-0.2, 0) is 24.9 Å². The predicted octanol–water partition coefficient (Wildman–Crippen LogP) is 2.29. The van der Waals surface area contributed by atoms with E-state index in [1.165, 1.54) is 4.90 Å². The van der Waals surface area contributed by atoms with Crippen LogP contribution in [0.4, 0.5) is 4.79 Å². The Balaban J connectivity index is 1.65. The number of benzene rings is 2. The lowest BCUT2D eigenvalue weighted by Gasteiger charge is -2.30. The maximum Gasteiger partial charge on any atom is 0.326 e. The van der Waals surface area contributed by atoms with Crippen LogP contribution in [0.2, 0.25) is 0 Å². The van der Waals surface area contributed by atoms with Gasteiger partial charge in [0.1, 0.15) is 11.9 Å². The molecule has 0 aliphatic heterocycles. The number of carboxylic acids is 1. The molecule has 0 spiro atoms. The largest absolute Gasteiger partial charge is 0.480 e. The number of guanidine groups is 1. The highest BCUT2D eigenvalue weighted by Crippen LogP contribution is 2.40. The molecule has 0 saturated heterocycles. The monoisotopic (exact) mass is 548 g/mol. The Morgan fingerprint density at radius 2 is 1.82 bits per heavy atom. The number of nitrogens with one attached hydrogen (secondary N) is 3. The number of carboxylic acid groups (broad SMARTS) is 1. The van der Waals surface area contributed by atoms with Gasteiger partial charge in [-0.2, -0.15) is 0 Å². The van der Waals surface area contributed by atoms with Crippen molar-refractivity contribution < 1.29 is 19.5 Å². The molecule has 1 aliphatic rings. The minimum Gasteiger partial charge on any atom is -0.480 e. The van der Waals surface area contributed by atoms with E-state index in [1.54, 1.807) is 36.4 Å². The first-order valence-electron chi connectivity index (χ1n) is 13.2. The van der Waals surface area contributed by atoms with Crippen molar-refractivity contribution in [1.82, 2.24) is 25.1 Å². The molecule has 3 aromatic rings. The fourth-order valence-electron chi connectivity index (χ4n) is 4.87. The van der Waals surface area contributed by atoms with E-state index in [1.807, 2.05) is 18.5 Å². The van der Waals surface area contributed by atoms with Crippen LogP contribution in [0.1, 0.15) is 64.5 Å². The topological polar surface area (TPSA) is 192 Å². The number of carbonyl (C=O) groups excluding carboxylic acids is 2. The highest BCUT2D eigenvalue weighted by molar-refractivity contribution is 6.00. The average Bonchev–Trinajstić information content (AvgIpc) is 3.69. The predicted molar refractivity (Wildman–Crippen MR) is 151 cm³/mol. The molecule has 4 rings (SSSR count). The number of primary amides is 1. The Hall–Kier alpha value is -4.61. The quantitative estimate of drug-likeness (QED) is 0.113. The Bertz CT molecular complexity index is 1430. The first-order chi connectivity index (χ1) is 19.0. The number of aliphatic carboxylic acids is 1. The summed E-state index contributed by atoms with van der Waals surface area (Å²) in [6.45, 7) is 2.54. The SMILES string of the molecule is Cc1cc(C(=O)N(Cc2ccc(CNC(N)=O)cc2)[C@H](CCCNC(=N)N)C(=O)O)cc2c1nc(C1CC1)n2C. The lowest BCUT2D eigenvalue weighted by molar-refractivity contribution is -0.142. The molecule has 1 saturated carbocycles. The Labute approximate surface area is 232 Å². The molecule has 12 heteroatoms. The number of fused-ring (bicyclic) bond motifs is 1. The third kappa shape index (κ3) is 6.68. The summed E-state index contributed by atoms with van der Waals surface area (Å²) in [5, 5.41) is 22.7. The van der Waals surface area contributed by atoms with Crippen LogP contribution >= 0.6 is 0 Å². The Morgan fingerprint density at radius 3 is 2.42 bits per heavy atom. The van der Waals surface area contributed by atoms with Gasteiger partial charge in [0.15, 0.2) is 5.96 Å². The number of urea groups is 1. The van der Waals surface area contributed by atoms with Gasteiger partial charge < -0.3 is 36.7 Å². The zero-order valence-electron chi connectivity index (χ0n) is 22.7. The lowest BCUT2D eigenvalue weighted by Crippen LogP contribution is -2.45. The number of hydrogen-bond donors (Lipinski definition) is 6. The molecule has 3 amide bonds. The number of nitrogens with zero attached hydrogens (tertiary/aromatic N) is 3. The minimum atomic E-state index is -1.12. The second-order valence-corrected chi connectivity index (χ2v) is 10.3. The summed E-state index contributed by atoms with van der Waals surface area (Å²) in [4.78, 5) is 43.7. The summed E-state index contributed by atoms with van der Waals surface area (Å²) >= 11 is 0. The molecular weight excluding hydrogens is 512 g/mol. The van der Waals surface area contributed by atoms with Gasteiger partial charge in [0.2, 0.25) is 0 Å². The second kappa shape index (κ2) is 12.1. The van der Waals surface area contributed by atoms with E-state index in [9.17, 15) is 19.5 Å². The summed E-state index contributed by atoms with van der Waals surface area (Å²) in [5.74, 6) is -0.268. The molecule has 0 radical (unpaired) electrons. The van der Waals surface area contributed by atoms with Gasteiger partial charge in [-0.3, -0.25) is 10.2 Å². The van der Waals surface area contributed by atoms with Crippen LogP contribution in [-0.4, -0.2) is 56.0 Å². The van der Waals surface area contributed by atoms with Gasteiger partial charge in [0, 0.05) is 38.2 Å². The summed E-state index contributed by atoms with van der Waals surface area (Å²) in [7, 11) is 1.95. The highest BCUT2D eigenvalue weighted by atomic mass is 16.4. The van der Waals surface area contributed by atoms with Crippen LogP contribution < -0.4 is 22.1 Å². The van der Waals surface area contributed by atoms with Crippen LogP contribution in [0, 0.1) is 12.3 Å². The van der Waals surface area contributed by atoms with Crippen molar-refractivity contribution in [2.75, 3.05) is 6.54 Å². The van der Waals surface area contributed by atoms with E-state index in [2.05, 4.69) is 10.6 Å². The second-order valence-electron chi connectivity index (χ2n) is 10.3. The van der Waals surface area contributed by atoms with Gasteiger partial charge in [-0.25, -0.2) is 14.6 Å². The normalized spacial score (nSPS) is 13.6. The van der Waals surface area contributed by atoms with E-state index in [4.69, 9.17) is 21.9 Å². The van der Waals surface area contributed by atoms with Gasteiger partial charge >= 0.3 is 12.0 Å². The Morgan fingerprint density at radius 1 is 1.15 bits per heavy atom. The number of nitrogens with two attached hydrogens (primary N) is 2. The van der Waals surface area contributed by atoms with Crippen molar-refractivity contribution in [3.05, 3.63) is 64.5 Å². The van der Waals surface area contributed by atoms with Crippen LogP contribution in [0.15, 0.2) is 36.4 Å². The molecule has 212 valence electrons. The molecule has 40 heavy (non-hydrogen) atoms. The van der Waals surface area contributed by atoms with Crippen molar-refractivity contribution in [3.8, 4) is 0 Å². The van der Waals surface area contributed by atoms with Gasteiger partial charge in [-0.1, -0.05) is 24.3 Å². The van der Waals surface area contributed by atoms with Crippen molar-refractivity contribution in [3.63, 3.8) is 0 Å². The Kier molecular flexibility index (Phi) is 8.56. The van der Waals surface area contributed by atoms with Crippen molar-refractivity contribution in [2.45, 2.75) is 57.7 Å². The van der Waals surface area contributed by atoms with Crippen LogP contribution in [0.25, 0.3) is 11.0 Å². The number of imidazole rings is 1. The number of rotatable bonds is 12. The van der Waals surface area contributed by atoms with Gasteiger partial charge in [-0.15, -0.1) is 0 Å². The summed E-state index contributed by atoms with van der Waals surface area (Å²) in [5.41, 5.74) is 15.0. The van der Waals surface area contributed by atoms with E-state index in [0.717, 1.165) is 46.4 Å². The summed E-state index contributed by atoms with van der Waals surface area (Å²) < 4.78 is 2.03. The third-order valence-corrected chi connectivity index (χ3v) is 7.14. The van der Waals surface area contributed by atoms with Crippen molar-refractivity contribution >= 4 is 34.9 Å². The molecule has 1 fully saturated rings. The molecule has 1 aromatic heterocycles. The van der Waals surface area contributed by atoms with Crippen molar-refractivity contribution in [2.24, 2.45) is 18.5 Å². The summed E-state index contributed by atoms with van der Waals surface area (Å²) in [6.07, 6.45) is 2.77. The fourth-order valence-corrected chi connectivity index (χ4v) is 4.87. The fraction of sp³-hybridized carbons (Fsp3) is 0.393. The third-order valence-electron chi connectivity index (χ3n) is 7.14. The molecule has 1 heterocycles. The molecule has 2 aromatic carbocycles. The number of hydrogen-bond acceptors (Lipinski definition) is 5. The number of aromatic nitrogens is 2. The van der Waals surface area contributed by atoms with E-state index in [-0.39, 0.29) is 25.5 Å². The zero-order chi connectivity index (χ0) is 29.0. The molecule has 12 nitrogen and oxygen atoms in total. The van der Waals surface area contributed by atoms with E-state index >= 15 is 0 Å². The first-order valence-corrected chi connectivity index (χ1v) is 13.2. The van der Waals surface area contributed by atoms with Gasteiger partial charge in [-0.05, 0) is 61.4 Å². The van der Waals surface area contributed by atoms with Gasteiger partial charge in [0.25, 0.3) is 5.91 Å². The standard InChI is InChI=1S/C28H36N8O4/c1-16-12-20(13-22-23(16)34-24(35(22)2)19-9-10-19)25(37)36(21(26(38)39)4-3-11-32-27(29)30)15-18-7-5-17(6-8-18)14-33-28(31)40/h5-8,12-13,19,21H,3-4,9-11,14-15H2,1-2H3,(H,38,39)(H4,29,30,32)(H3,31,33,40)/t21-/m1/s1. The van der Waals surface area contributed by atoms with Gasteiger partial charge in [0.05, 0.1) is 11.0 Å². The lowest BCUT2D eigenvalue weighted by atomic mass is 10.0. The van der Waals surface area contributed by atoms with E-state index in [0.29, 0.717) is 24.4 Å². The van der Waals surface area contributed by atoms with E-state index < -0.39 is 23.9 Å². The molecular formula is C28H36N8O4. The highest BCUT2D eigenvalue weighted by Gasteiger charge is 2.32. The smallest absolute Gasteiger partial charge is 0.326 e. The minimum absolute atomic E-state index is 0.0647. The molecule has 0 unspecified atom stereocenters. The average molecular weight is 549 g/mol. The number of amides is 3. The van der Waals surface area contributed by atoms with Crippen LogP contribution in [0.3, 0.4) is 0 Å². The van der Waals surface area contributed by atoms with Crippen LogP contribution in [0.5, 0.6) is 0 Å². The molecule has 1 aliphatic carbocycles. The zero-order valence-corrected chi connectivity index (χ0v) is 22.7. The maximum absolute atomic E-state index is 14.0. The first kappa shape index (κ1) is 28.4. The molecule has 8 N–H and O–H groups in total. The number of carbonyl (C=O) groups is 3. The summed E-state index contributed by atoms with van der Waals surface area (Å²) in [6, 6.07) is 9.02. The van der Waals surface area contributed by atoms with Crippen molar-refractivity contribution in [1.29, 1.82) is 5.41 Å². The number of aryl methyl sites for hydroxylation is 2. The maximum atomic E-state index is 14.0.